The maximum atomic E-state index is 7.71. The maximum Gasteiger partial charge on any atom is 0.209 e. The fourth-order valence-electron chi connectivity index (χ4n) is 1.16. The smallest absolute Gasteiger partial charge is 0.209 e. The molecule has 0 aromatic carbocycles. The van der Waals surface area contributed by atoms with Gasteiger partial charge in [0.2, 0.25) is 5.90 Å². The highest BCUT2D eigenvalue weighted by atomic mass is 16.5. The number of hydrogen-bond acceptors (Lipinski definition) is 2. The summed E-state index contributed by atoms with van der Waals surface area (Å²) in [4.78, 5) is 0. The van der Waals surface area contributed by atoms with E-state index in [4.69, 9.17) is 10.1 Å². The van der Waals surface area contributed by atoms with Gasteiger partial charge in [0.05, 0.1) is 0 Å². The first kappa shape index (κ1) is 10.0. The van der Waals surface area contributed by atoms with Crippen LogP contribution in [0.4, 0.5) is 0 Å². The van der Waals surface area contributed by atoms with Gasteiger partial charge >= 0.3 is 0 Å². The SMILES string of the molecule is CC(C)(C)OC(=N)C1=CC=CCC1. The van der Waals surface area contributed by atoms with Crippen molar-refractivity contribution in [3.05, 3.63) is 23.8 Å². The third-order valence-corrected chi connectivity index (χ3v) is 1.71. The molecule has 72 valence electrons. The number of hydrogen-bond donors (Lipinski definition) is 1. The number of allylic oxidation sites excluding steroid dienone is 3. The predicted molar refractivity (Wildman–Crippen MR) is 55.0 cm³/mol. The molecule has 1 N–H and O–H groups in total. The van der Waals surface area contributed by atoms with Crippen LogP contribution in [-0.4, -0.2) is 11.5 Å². The third kappa shape index (κ3) is 3.45. The van der Waals surface area contributed by atoms with E-state index in [1.54, 1.807) is 0 Å². The molecule has 2 nitrogen and oxygen atoms in total. The highest BCUT2D eigenvalue weighted by Gasteiger charge is 2.16. The fraction of sp³-hybridized carbons (Fsp3) is 0.545. The van der Waals surface area contributed by atoms with Gasteiger partial charge in [0.25, 0.3) is 0 Å². The Bertz CT molecular complexity index is 256. The third-order valence-electron chi connectivity index (χ3n) is 1.71. The van der Waals surface area contributed by atoms with E-state index in [0.717, 1.165) is 18.4 Å². The van der Waals surface area contributed by atoms with Gasteiger partial charge in [-0.25, -0.2) is 0 Å². The van der Waals surface area contributed by atoms with Gasteiger partial charge in [-0.2, -0.15) is 0 Å². The molecule has 0 aliphatic heterocycles. The number of rotatable bonds is 1. The lowest BCUT2D eigenvalue weighted by molar-refractivity contribution is 0.115. The molecule has 13 heavy (non-hydrogen) atoms. The molecule has 0 fully saturated rings. The van der Waals surface area contributed by atoms with Gasteiger partial charge in [-0.3, -0.25) is 5.41 Å². The summed E-state index contributed by atoms with van der Waals surface area (Å²) in [6.45, 7) is 5.88. The summed E-state index contributed by atoms with van der Waals surface area (Å²) in [5, 5.41) is 7.71. The van der Waals surface area contributed by atoms with Crippen molar-refractivity contribution in [3.63, 3.8) is 0 Å². The van der Waals surface area contributed by atoms with Crippen LogP contribution in [-0.2, 0) is 4.74 Å². The van der Waals surface area contributed by atoms with Crippen LogP contribution in [0.5, 0.6) is 0 Å². The monoisotopic (exact) mass is 179 g/mol. The lowest BCUT2D eigenvalue weighted by Crippen LogP contribution is -2.24. The normalized spacial score (nSPS) is 16.7. The topological polar surface area (TPSA) is 33.1 Å². The van der Waals surface area contributed by atoms with Crippen LogP contribution < -0.4 is 0 Å². The minimum atomic E-state index is -0.265. The molecule has 2 heteroatoms. The quantitative estimate of drug-likeness (QED) is 0.487. The molecule has 0 saturated heterocycles. The van der Waals surface area contributed by atoms with Crippen molar-refractivity contribution in [2.75, 3.05) is 0 Å². The molecule has 0 aromatic heterocycles. The zero-order chi connectivity index (χ0) is 9.90. The van der Waals surface area contributed by atoms with Crippen LogP contribution in [0.3, 0.4) is 0 Å². The van der Waals surface area contributed by atoms with Gasteiger partial charge < -0.3 is 4.74 Å². The largest absolute Gasteiger partial charge is 0.472 e. The van der Waals surface area contributed by atoms with Crippen LogP contribution in [0.15, 0.2) is 23.8 Å². The van der Waals surface area contributed by atoms with E-state index in [9.17, 15) is 0 Å². The standard InChI is InChI=1S/C11H17NO/c1-11(2,3)13-10(12)9-7-5-4-6-8-9/h4-5,7,12H,6,8H2,1-3H3. The Labute approximate surface area is 79.8 Å². The van der Waals surface area contributed by atoms with Crippen molar-refractivity contribution < 1.29 is 4.74 Å². The zero-order valence-corrected chi connectivity index (χ0v) is 8.55. The van der Waals surface area contributed by atoms with Crippen molar-refractivity contribution in [2.24, 2.45) is 0 Å². The molecule has 0 unspecified atom stereocenters. The molecule has 0 amide bonds. The average Bonchev–Trinajstić information content (AvgIpc) is 2.03. The van der Waals surface area contributed by atoms with Gasteiger partial charge in [-0.1, -0.05) is 18.2 Å². The Balaban J connectivity index is 2.58. The van der Waals surface area contributed by atoms with E-state index < -0.39 is 0 Å². The minimum Gasteiger partial charge on any atom is -0.472 e. The Morgan fingerprint density at radius 2 is 2.15 bits per heavy atom. The molecule has 0 aromatic rings. The summed E-state index contributed by atoms with van der Waals surface area (Å²) in [6.07, 6.45) is 7.98. The van der Waals surface area contributed by atoms with Crippen LogP contribution in [0.1, 0.15) is 33.6 Å². The van der Waals surface area contributed by atoms with Crippen molar-refractivity contribution in [2.45, 2.75) is 39.2 Å². The number of ether oxygens (including phenoxy) is 1. The molecule has 0 bridgehead atoms. The lowest BCUT2D eigenvalue weighted by atomic mass is 10.0. The van der Waals surface area contributed by atoms with Crippen LogP contribution in [0, 0.1) is 5.41 Å². The maximum absolute atomic E-state index is 7.71. The highest BCUT2D eigenvalue weighted by molar-refractivity contribution is 5.91. The molecule has 0 spiro atoms. The van der Waals surface area contributed by atoms with Crippen molar-refractivity contribution in [3.8, 4) is 0 Å². The molecular weight excluding hydrogens is 162 g/mol. The molecular formula is C11H17NO. The average molecular weight is 179 g/mol. The van der Waals surface area contributed by atoms with Gasteiger partial charge in [0.15, 0.2) is 0 Å². The summed E-state index contributed by atoms with van der Waals surface area (Å²) in [5.74, 6) is 0.317. The zero-order valence-electron chi connectivity index (χ0n) is 8.55. The summed E-state index contributed by atoms with van der Waals surface area (Å²) < 4.78 is 5.46. The molecule has 1 rings (SSSR count). The molecule has 1 aliphatic carbocycles. The van der Waals surface area contributed by atoms with E-state index in [-0.39, 0.29) is 5.60 Å². The fourth-order valence-corrected chi connectivity index (χ4v) is 1.16. The molecule has 0 saturated carbocycles. The minimum absolute atomic E-state index is 0.265. The summed E-state index contributed by atoms with van der Waals surface area (Å²) >= 11 is 0. The van der Waals surface area contributed by atoms with E-state index >= 15 is 0 Å². The Kier molecular flexibility index (Phi) is 2.91. The van der Waals surface area contributed by atoms with Crippen LogP contribution >= 0.6 is 0 Å². The summed E-state index contributed by atoms with van der Waals surface area (Å²) in [7, 11) is 0. The van der Waals surface area contributed by atoms with E-state index in [0.29, 0.717) is 5.90 Å². The first-order chi connectivity index (χ1) is 5.99. The molecule has 0 heterocycles. The first-order valence-electron chi connectivity index (χ1n) is 4.63. The van der Waals surface area contributed by atoms with E-state index in [1.165, 1.54) is 0 Å². The van der Waals surface area contributed by atoms with Gasteiger partial charge in [-0.15, -0.1) is 0 Å². The molecule has 1 aliphatic rings. The van der Waals surface area contributed by atoms with Gasteiger partial charge in [0, 0.05) is 5.57 Å². The molecule has 0 atom stereocenters. The second-order valence-electron chi connectivity index (χ2n) is 4.20. The summed E-state index contributed by atoms with van der Waals surface area (Å²) in [5.41, 5.74) is 0.733. The summed E-state index contributed by atoms with van der Waals surface area (Å²) in [6, 6.07) is 0. The Morgan fingerprint density at radius 1 is 1.46 bits per heavy atom. The van der Waals surface area contributed by atoms with Crippen LogP contribution in [0.25, 0.3) is 0 Å². The van der Waals surface area contributed by atoms with E-state index in [2.05, 4.69) is 6.08 Å². The van der Waals surface area contributed by atoms with E-state index in [1.807, 2.05) is 32.9 Å². The highest BCUT2D eigenvalue weighted by Crippen LogP contribution is 2.17. The van der Waals surface area contributed by atoms with Gasteiger partial charge in [-0.05, 0) is 33.6 Å². The predicted octanol–water partition coefficient (Wildman–Crippen LogP) is 3.06. The van der Waals surface area contributed by atoms with Crippen molar-refractivity contribution in [1.82, 2.24) is 0 Å². The lowest BCUT2D eigenvalue weighted by Gasteiger charge is -2.23. The van der Waals surface area contributed by atoms with Gasteiger partial charge in [0.1, 0.15) is 5.60 Å². The Morgan fingerprint density at radius 3 is 2.62 bits per heavy atom. The van der Waals surface area contributed by atoms with Crippen molar-refractivity contribution in [1.29, 1.82) is 5.41 Å². The van der Waals surface area contributed by atoms with Crippen molar-refractivity contribution >= 4 is 5.90 Å². The first-order valence-corrected chi connectivity index (χ1v) is 4.63. The van der Waals surface area contributed by atoms with Crippen LogP contribution in [0.2, 0.25) is 0 Å². The second kappa shape index (κ2) is 3.77. The second-order valence-corrected chi connectivity index (χ2v) is 4.20. The molecule has 0 radical (unpaired) electrons. The number of nitrogens with one attached hydrogen (secondary N) is 1. The Hall–Kier alpha value is -1.05.